The number of ether oxygens (including phenoxy) is 1. The Bertz CT molecular complexity index is 1210. The third-order valence-corrected chi connectivity index (χ3v) is 6.36. The zero-order valence-electron chi connectivity index (χ0n) is 19.7. The molecule has 9 heteroatoms. The Morgan fingerprint density at radius 2 is 1.66 bits per heavy atom. The summed E-state index contributed by atoms with van der Waals surface area (Å²) in [5.41, 5.74) is 3.45. The summed E-state index contributed by atoms with van der Waals surface area (Å²) in [5.74, 6) is -0.553. The van der Waals surface area contributed by atoms with Gasteiger partial charge >= 0.3 is 12.3 Å². The van der Waals surface area contributed by atoms with Crippen LogP contribution in [0, 0.1) is 13.8 Å². The number of benzene rings is 3. The van der Waals surface area contributed by atoms with Crippen molar-refractivity contribution in [1.29, 1.82) is 0 Å². The highest BCUT2D eigenvalue weighted by Crippen LogP contribution is 2.42. The van der Waals surface area contributed by atoms with Gasteiger partial charge in [0.05, 0.1) is 12.0 Å². The summed E-state index contributed by atoms with van der Waals surface area (Å²) in [6, 6.07) is 16.4. The minimum Gasteiger partial charge on any atom is -0.425 e. The van der Waals surface area contributed by atoms with E-state index in [1.807, 2.05) is 50.9 Å². The number of aliphatic imine (C=N–C) groups is 1. The predicted molar refractivity (Wildman–Crippen MR) is 130 cm³/mol. The molecule has 0 unspecified atom stereocenters. The van der Waals surface area contributed by atoms with Crippen LogP contribution in [0.15, 0.2) is 75.4 Å². The van der Waals surface area contributed by atoms with E-state index >= 15 is 0 Å². The normalized spacial score (nSPS) is 12.3. The van der Waals surface area contributed by atoms with E-state index in [1.165, 1.54) is 23.9 Å². The zero-order valence-corrected chi connectivity index (χ0v) is 20.5. The van der Waals surface area contributed by atoms with Gasteiger partial charge in [-0.15, -0.1) is 0 Å². The molecular weight excluding hydrogens is 483 g/mol. The molecule has 0 amide bonds. The first-order valence-electron chi connectivity index (χ1n) is 10.8. The van der Waals surface area contributed by atoms with E-state index in [0.717, 1.165) is 39.2 Å². The maximum atomic E-state index is 13.5. The molecule has 35 heavy (non-hydrogen) atoms. The summed E-state index contributed by atoms with van der Waals surface area (Å²) < 4.78 is 69.2. The second-order valence-corrected chi connectivity index (χ2v) is 9.08. The largest absolute Gasteiger partial charge is 0.499 e. The van der Waals surface area contributed by atoms with Gasteiger partial charge in [-0.05, 0) is 67.8 Å². The molecule has 0 aliphatic heterocycles. The molecule has 3 nitrogen and oxygen atoms in total. The summed E-state index contributed by atoms with van der Waals surface area (Å²) in [5, 5.41) is 0. The minimum absolute atomic E-state index is 0.136. The Balaban J connectivity index is 1.89. The maximum Gasteiger partial charge on any atom is 0.499 e. The van der Waals surface area contributed by atoms with Gasteiger partial charge in [0.25, 0.3) is 0 Å². The van der Waals surface area contributed by atoms with Gasteiger partial charge in [-0.25, -0.2) is 4.99 Å². The van der Waals surface area contributed by atoms with E-state index in [0.29, 0.717) is 5.56 Å². The van der Waals surface area contributed by atoms with E-state index in [-0.39, 0.29) is 5.56 Å². The monoisotopic (exact) mass is 508 g/mol. The SMILES string of the molecule is CCN(C)C=Nc1cc(C)c(Sc2cccc(-c3ccccc3OC(F)(F)C(F)(F)F)c2)cc1C. The molecular formula is C26H25F5N2OS. The standard InChI is InChI=1S/C26H25F5N2OS/c1-5-33(4)16-32-22-13-18(3)24(14-17(22)2)35-20-10-8-9-19(15-20)21-11-6-7-12-23(21)34-26(30,31)25(27,28)29/h6-16H,5H2,1-4H3. The van der Waals surface area contributed by atoms with Crippen LogP contribution in [0.5, 0.6) is 5.75 Å². The van der Waals surface area contributed by atoms with E-state index in [9.17, 15) is 22.0 Å². The molecule has 0 spiro atoms. The molecule has 0 radical (unpaired) electrons. The predicted octanol–water partition coefficient (Wildman–Crippen LogP) is 8.27. The smallest absolute Gasteiger partial charge is 0.425 e. The number of para-hydroxylation sites is 1. The average molecular weight is 509 g/mol. The molecule has 186 valence electrons. The average Bonchev–Trinajstić information content (AvgIpc) is 2.79. The first-order valence-corrected chi connectivity index (χ1v) is 11.6. The molecule has 0 saturated carbocycles. The molecule has 0 saturated heterocycles. The Labute approximate surface area is 205 Å². The van der Waals surface area contributed by atoms with Crippen molar-refractivity contribution in [2.75, 3.05) is 13.6 Å². The van der Waals surface area contributed by atoms with Gasteiger partial charge in [0.1, 0.15) is 5.75 Å². The highest BCUT2D eigenvalue weighted by Gasteiger charge is 2.61. The molecule has 0 aromatic heterocycles. The van der Waals surface area contributed by atoms with E-state index in [1.54, 1.807) is 30.6 Å². The Morgan fingerprint density at radius 1 is 0.943 bits per heavy atom. The lowest BCUT2D eigenvalue weighted by molar-refractivity contribution is -0.360. The molecule has 0 fully saturated rings. The summed E-state index contributed by atoms with van der Waals surface area (Å²) in [7, 11) is 1.94. The van der Waals surface area contributed by atoms with Crippen LogP contribution in [-0.2, 0) is 0 Å². The molecule has 0 aliphatic carbocycles. The van der Waals surface area contributed by atoms with Crippen LogP contribution in [0.25, 0.3) is 11.1 Å². The fourth-order valence-corrected chi connectivity index (χ4v) is 4.15. The van der Waals surface area contributed by atoms with E-state index < -0.39 is 18.0 Å². The zero-order chi connectivity index (χ0) is 25.8. The first-order chi connectivity index (χ1) is 16.4. The van der Waals surface area contributed by atoms with Gasteiger partial charge in [0, 0.05) is 28.9 Å². The number of hydrogen-bond donors (Lipinski definition) is 0. The molecule has 0 aliphatic rings. The summed E-state index contributed by atoms with van der Waals surface area (Å²) in [6.45, 7) is 6.81. The van der Waals surface area contributed by atoms with Crippen LogP contribution < -0.4 is 4.74 Å². The van der Waals surface area contributed by atoms with Crippen LogP contribution >= 0.6 is 11.8 Å². The van der Waals surface area contributed by atoms with Crippen molar-refractivity contribution in [1.82, 2.24) is 4.90 Å². The van der Waals surface area contributed by atoms with E-state index in [4.69, 9.17) is 0 Å². The topological polar surface area (TPSA) is 24.8 Å². The van der Waals surface area contributed by atoms with Crippen LogP contribution in [0.4, 0.5) is 27.6 Å². The first kappa shape index (κ1) is 26.5. The summed E-state index contributed by atoms with van der Waals surface area (Å²) in [4.78, 5) is 8.28. The highest BCUT2D eigenvalue weighted by molar-refractivity contribution is 7.99. The number of hydrogen-bond acceptors (Lipinski definition) is 3. The summed E-state index contributed by atoms with van der Waals surface area (Å²) >= 11 is 1.47. The van der Waals surface area contributed by atoms with Crippen molar-refractivity contribution in [3.8, 4) is 16.9 Å². The molecule has 0 atom stereocenters. The number of halogens is 5. The molecule has 0 bridgehead atoms. The van der Waals surface area contributed by atoms with Crippen molar-refractivity contribution in [2.45, 2.75) is 42.8 Å². The molecule has 0 heterocycles. The Morgan fingerprint density at radius 3 is 2.34 bits per heavy atom. The van der Waals surface area contributed by atoms with Gasteiger partial charge in [0.15, 0.2) is 0 Å². The van der Waals surface area contributed by atoms with Gasteiger partial charge in [-0.3, -0.25) is 0 Å². The summed E-state index contributed by atoms with van der Waals surface area (Å²) in [6.07, 6.45) is -9.35. The van der Waals surface area contributed by atoms with Gasteiger partial charge < -0.3 is 9.64 Å². The second kappa shape index (κ2) is 10.7. The van der Waals surface area contributed by atoms with Gasteiger partial charge in [0.2, 0.25) is 0 Å². The fraction of sp³-hybridized carbons (Fsp3) is 0.269. The number of aryl methyl sites for hydroxylation is 2. The number of nitrogens with zero attached hydrogens (tertiary/aromatic N) is 2. The van der Waals surface area contributed by atoms with Crippen LogP contribution in [-0.4, -0.2) is 37.1 Å². The van der Waals surface area contributed by atoms with Crippen molar-refractivity contribution < 1.29 is 26.7 Å². The lowest BCUT2D eigenvalue weighted by Crippen LogP contribution is -2.42. The minimum atomic E-state index is -5.82. The van der Waals surface area contributed by atoms with E-state index in [2.05, 4.69) is 9.73 Å². The molecule has 0 N–H and O–H groups in total. The quantitative estimate of drug-likeness (QED) is 0.174. The molecule has 3 rings (SSSR count). The van der Waals surface area contributed by atoms with Gasteiger partial charge in [-0.1, -0.05) is 42.1 Å². The van der Waals surface area contributed by atoms with Crippen molar-refractivity contribution in [2.24, 2.45) is 4.99 Å². The lowest BCUT2D eigenvalue weighted by atomic mass is 10.0. The number of rotatable bonds is 8. The second-order valence-electron chi connectivity index (χ2n) is 7.96. The Kier molecular flexibility index (Phi) is 8.10. The van der Waals surface area contributed by atoms with Crippen LogP contribution in [0.3, 0.4) is 0 Å². The Hall–Kier alpha value is -3.07. The molecule has 3 aromatic rings. The van der Waals surface area contributed by atoms with Crippen LogP contribution in [0.1, 0.15) is 18.1 Å². The lowest BCUT2D eigenvalue weighted by Gasteiger charge is -2.22. The maximum absolute atomic E-state index is 13.5. The fourth-order valence-electron chi connectivity index (χ4n) is 3.11. The number of alkyl halides is 5. The van der Waals surface area contributed by atoms with Crippen molar-refractivity contribution in [3.05, 3.63) is 71.8 Å². The van der Waals surface area contributed by atoms with Crippen LogP contribution in [0.2, 0.25) is 0 Å². The van der Waals surface area contributed by atoms with Crippen molar-refractivity contribution >= 4 is 23.8 Å². The third kappa shape index (κ3) is 6.54. The molecule has 3 aromatic carbocycles. The van der Waals surface area contributed by atoms with Crippen molar-refractivity contribution in [3.63, 3.8) is 0 Å². The third-order valence-electron chi connectivity index (χ3n) is 5.21. The highest BCUT2D eigenvalue weighted by atomic mass is 32.2. The van der Waals surface area contributed by atoms with Gasteiger partial charge in [-0.2, -0.15) is 22.0 Å².